The van der Waals surface area contributed by atoms with Gasteiger partial charge in [0.05, 0.1) is 30.4 Å². The predicted molar refractivity (Wildman–Crippen MR) is 99.4 cm³/mol. The lowest BCUT2D eigenvalue weighted by Crippen LogP contribution is -2.30. The van der Waals surface area contributed by atoms with Crippen LogP contribution in [0.3, 0.4) is 0 Å². The Kier molecular flexibility index (Phi) is 5.55. The number of aromatic nitrogens is 2. The largest absolute Gasteiger partial charge is 0.338 e. The topological polar surface area (TPSA) is 70.5 Å². The van der Waals surface area contributed by atoms with Gasteiger partial charge < -0.3 is 15.1 Å². The Balaban J connectivity index is 1.72. The van der Waals surface area contributed by atoms with Gasteiger partial charge in [-0.05, 0) is 31.8 Å². The average molecular weight is 373 g/mol. The van der Waals surface area contributed by atoms with Gasteiger partial charge in [-0.1, -0.05) is 12.1 Å². The second-order valence-electron chi connectivity index (χ2n) is 7.10. The van der Waals surface area contributed by atoms with Gasteiger partial charge >= 0.3 is 0 Å². The zero-order valence-electron chi connectivity index (χ0n) is 15.7. The summed E-state index contributed by atoms with van der Waals surface area (Å²) in [5.74, 6) is -1.24. The quantitative estimate of drug-likeness (QED) is 0.837. The average Bonchev–Trinajstić information content (AvgIpc) is 3.19. The number of carbonyl (C=O) groups is 2. The summed E-state index contributed by atoms with van der Waals surface area (Å²) >= 11 is 0. The molecule has 144 valence electrons. The maximum atomic E-state index is 13.2. The molecule has 3 rings (SSSR count). The number of halogens is 1. The normalized spacial score (nSPS) is 19.7. The molecule has 8 heteroatoms. The first kappa shape index (κ1) is 19.0. The Labute approximate surface area is 157 Å². The number of hydrogen-bond donors (Lipinski definition) is 1. The Morgan fingerprint density at radius 3 is 2.70 bits per heavy atom. The highest BCUT2D eigenvalue weighted by Crippen LogP contribution is 2.37. The molecule has 2 atom stereocenters. The number of benzene rings is 1. The molecule has 2 unspecified atom stereocenters. The SMILES string of the molecule is CN(C)CCn1cc(NC(=O)C2CC(=O)N(C)C2c2ccc(F)cc2)cn1. The van der Waals surface area contributed by atoms with Crippen molar-refractivity contribution < 1.29 is 14.0 Å². The maximum Gasteiger partial charge on any atom is 0.230 e. The van der Waals surface area contributed by atoms with Crippen LogP contribution in [0.15, 0.2) is 36.7 Å². The number of anilines is 1. The summed E-state index contributed by atoms with van der Waals surface area (Å²) in [5, 5.41) is 7.10. The third-order valence-corrected chi connectivity index (χ3v) is 4.81. The molecule has 1 saturated heterocycles. The lowest BCUT2D eigenvalue weighted by Gasteiger charge is -2.24. The van der Waals surface area contributed by atoms with Crippen LogP contribution in [0.25, 0.3) is 0 Å². The number of likely N-dealkylation sites (tertiary alicyclic amines) is 1. The molecule has 1 fully saturated rings. The molecule has 2 heterocycles. The maximum absolute atomic E-state index is 13.2. The van der Waals surface area contributed by atoms with E-state index in [9.17, 15) is 14.0 Å². The number of nitrogens with zero attached hydrogens (tertiary/aromatic N) is 4. The molecule has 27 heavy (non-hydrogen) atoms. The molecule has 0 saturated carbocycles. The highest BCUT2D eigenvalue weighted by molar-refractivity contribution is 5.97. The van der Waals surface area contributed by atoms with Crippen molar-refractivity contribution in [3.8, 4) is 0 Å². The van der Waals surface area contributed by atoms with Crippen LogP contribution in [0.5, 0.6) is 0 Å². The van der Waals surface area contributed by atoms with Crippen molar-refractivity contribution in [1.29, 1.82) is 0 Å². The standard InChI is InChI=1S/C19H24FN5O2/c1-23(2)8-9-25-12-15(11-21-25)22-19(27)16-10-17(26)24(3)18(16)13-4-6-14(20)7-5-13/h4-7,11-12,16,18H,8-10H2,1-3H3,(H,22,27). The molecule has 1 aromatic carbocycles. The Bertz CT molecular complexity index is 818. The number of likely N-dealkylation sites (N-methyl/N-ethyl adjacent to an activating group) is 1. The third-order valence-electron chi connectivity index (χ3n) is 4.81. The van der Waals surface area contributed by atoms with Gasteiger partial charge in [0, 0.05) is 26.2 Å². The Morgan fingerprint density at radius 2 is 2.04 bits per heavy atom. The van der Waals surface area contributed by atoms with E-state index in [0.29, 0.717) is 12.2 Å². The van der Waals surface area contributed by atoms with Gasteiger partial charge in [-0.25, -0.2) is 4.39 Å². The van der Waals surface area contributed by atoms with Gasteiger partial charge in [0.1, 0.15) is 5.82 Å². The van der Waals surface area contributed by atoms with Gasteiger partial charge in [0.25, 0.3) is 0 Å². The monoisotopic (exact) mass is 373 g/mol. The summed E-state index contributed by atoms with van der Waals surface area (Å²) in [6.45, 7) is 1.55. The zero-order chi connectivity index (χ0) is 19.6. The van der Waals surface area contributed by atoms with Crippen LogP contribution in [0.2, 0.25) is 0 Å². The number of amides is 2. The van der Waals surface area contributed by atoms with Crippen molar-refractivity contribution in [2.24, 2.45) is 5.92 Å². The van der Waals surface area contributed by atoms with E-state index >= 15 is 0 Å². The highest BCUT2D eigenvalue weighted by Gasteiger charge is 2.42. The fourth-order valence-corrected chi connectivity index (χ4v) is 3.31. The summed E-state index contributed by atoms with van der Waals surface area (Å²) in [5.41, 5.74) is 1.34. The molecule has 0 bridgehead atoms. The first-order valence-electron chi connectivity index (χ1n) is 8.84. The molecule has 2 amide bonds. The number of carbonyl (C=O) groups excluding carboxylic acids is 2. The molecule has 1 aliphatic rings. The molecular formula is C19H24FN5O2. The minimum Gasteiger partial charge on any atom is -0.338 e. The van der Waals surface area contributed by atoms with E-state index in [1.165, 1.54) is 12.1 Å². The zero-order valence-corrected chi connectivity index (χ0v) is 15.7. The van der Waals surface area contributed by atoms with Crippen molar-refractivity contribution >= 4 is 17.5 Å². The second kappa shape index (κ2) is 7.87. The van der Waals surface area contributed by atoms with Gasteiger partial charge in [-0.15, -0.1) is 0 Å². The summed E-state index contributed by atoms with van der Waals surface area (Å²) in [7, 11) is 5.63. The summed E-state index contributed by atoms with van der Waals surface area (Å²) < 4.78 is 15.0. The van der Waals surface area contributed by atoms with Crippen LogP contribution in [0, 0.1) is 11.7 Å². The van der Waals surface area contributed by atoms with Crippen molar-refractivity contribution in [2.75, 3.05) is 33.0 Å². The molecule has 1 N–H and O–H groups in total. The van der Waals surface area contributed by atoms with E-state index in [1.54, 1.807) is 41.2 Å². The fourth-order valence-electron chi connectivity index (χ4n) is 3.31. The first-order valence-corrected chi connectivity index (χ1v) is 8.84. The molecule has 0 spiro atoms. The fraction of sp³-hybridized carbons (Fsp3) is 0.421. The molecule has 1 aliphatic heterocycles. The van der Waals surface area contributed by atoms with Crippen LogP contribution in [0.4, 0.5) is 10.1 Å². The van der Waals surface area contributed by atoms with Crippen LogP contribution in [-0.4, -0.2) is 59.1 Å². The molecule has 7 nitrogen and oxygen atoms in total. The molecule has 1 aromatic heterocycles. The van der Waals surface area contributed by atoms with Gasteiger partial charge in [-0.2, -0.15) is 5.10 Å². The van der Waals surface area contributed by atoms with Crippen molar-refractivity contribution in [3.05, 3.63) is 48.0 Å². The number of hydrogen-bond acceptors (Lipinski definition) is 4. The van der Waals surface area contributed by atoms with E-state index in [0.717, 1.165) is 12.1 Å². The predicted octanol–water partition coefficient (Wildman–Crippen LogP) is 1.74. The van der Waals surface area contributed by atoms with Gasteiger partial charge in [0.2, 0.25) is 11.8 Å². The Morgan fingerprint density at radius 1 is 1.33 bits per heavy atom. The van der Waals surface area contributed by atoms with Crippen LogP contribution < -0.4 is 5.32 Å². The minimum absolute atomic E-state index is 0.105. The summed E-state index contributed by atoms with van der Waals surface area (Å²) in [4.78, 5) is 28.6. The van der Waals surface area contributed by atoms with Crippen molar-refractivity contribution in [2.45, 2.75) is 19.0 Å². The molecule has 0 aliphatic carbocycles. The van der Waals surface area contributed by atoms with Gasteiger partial charge in [0.15, 0.2) is 0 Å². The minimum atomic E-state index is -0.543. The number of rotatable bonds is 6. The number of nitrogens with one attached hydrogen (secondary N) is 1. The first-order chi connectivity index (χ1) is 12.8. The Hall–Kier alpha value is -2.74. The summed E-state index contributed by atoms with van der Waals surface area (Å²) in [6, 6.07) is 5.51. The third kappa shape index (κ3) is 4.33. The van der Waals surface area contributed by atoms with E-state index in [2.05, 4.69) is 10.4 Å². The lowest BCUT2D eigenvalue weighted by molar-refractivity contribution is -0.127. The van der Waals surface area contributed by atoms with E-state index in [4.69, 9.17) is 0 Å². The molecule has 0 radical (unpaired) electrons. The smallest absolute Gasteiger partial charge is 0.230 e. The van der Waals surface area contributed by atoms with Crippen LogP contribution >= 0.6 is 0 Å². The van der Waals surface area contributed by atoms with E-state index < -0.39 is 12.0 Å². The van der Waals surface area contributed by atoms with E-state index in [1.807, 2.05) is 19.0 Å². The summed E-state index contributed by atoms with van der Waals surface area (Å²) in [6.07, 6.45) is 3.49. The van der Waals surface area contributed by atoms with Crippen LogP contribution in [0.1, 0.15) is 18.0 Å². The van der Waals surface area contributed by atoms with Crippen molar-refractivity contribution in [1.82, 2.24) is 19.6 Å². The van der Waals surface area contributed by atoms with Crippen LogP contribution in [-0.2, 0) is 16.1 Å². The highest BCUT2D eigenvalue weighted by atomic mass is 19.1. The molecule has 2 aromatic rings. The van der Waals surface area contributed by atoms with E-state index in [-0.39, 0.29) is 24.1 Å². The van der Waals surface area contributed by atoms with Gasteiger partial charge in [-0.3, -0.25) is 14.3 Å². The van der Waals surface area contributed by atoms with Crippen molar-refractivity contribution in [3.63, 3.8) is 0 Å². The molecular weight excluding hydrogens is 349 g/mol. The second-order valence-corrected chi connectivity index (χ2v) is 7.10. The lowest BCUT2D eigenvalue weighted by atomic mass is 9.93.